The first kappa shape index (κ1) is 28.2. The van der Waals surface area contributed by atoms with E-state index in [2.05, 4.69) is 0 Å². The summed E-state index contributed by atoms with van der Waals surface area (Å²) < 4.78 is 30.3. The second-order valence-corrected chi connectivity index (χ2v) is 9.49. The Morgan fingerprint density at radius 3 is 1.43 bits per heavy atom. The van der Waals surface area contributed by atoms with Crippen LogP contribution in [0.3, 0.4) is 0 Å². The fourth-order valence-corrected chi connectivity index (χ4v) is 4.33. The minimum atomic E-state index is -1.15. The summed E-state index contributed by atoms with van der Waals surface area (Å²) in [6.07, 6.45) is 5.77. The van der Waals surface area contributed by atoms with Crippen LogP contribution in [0.1, 0.15) is 11.1 Å². The van der Waals surface area contributed by atoms with Gasteiger partial charge in [0, 0.05) is 24.0 Å². The number of benzene rings is 2. The number of alkyl halides is 2. The third-order valence-electron chi connectivity index (χ3n) is 5.81. The third-order valence-corrected chi connectivity index (χ3v) is 6.94. The molecule has 0 aromatic heterocycles. The largest absolute Gasteiger partial charge is 0.493 e. The predicted molar refractivity (Wildman–Crippen MR) is 140 cm³/mol. The van der Waals surface area contributed by atoms with E-state index in [1.165, 1.54) is 26.4 Å². The highest BCUT2D eigenvalue weighted by molar-refractivity contribution is 6.51. The van der Waals surface area contributed by atoms with Gasteiger partial charge in [-0.05, 0) is 47.5 Å². The molecule has 0 radical (unpaired) electrons. The molecule has 0 amide bonds. The molecule has 0 aliphatic heterocycles. The fourth-order valence-electron chi connectivity index (χ4n) is 3.60. The Morgan fingerprint density at radius 1 is 0.703 bits per heavy atom. The van der Waals surface area contributed by atoms with Crippen LogP contribution < -0.4 is 18.9 Å². The molecule has 198 valence electrons. The van der Waals surface area contributed by atoms with Gasteiger partial charge in [-0.3, -0.25) is 0 Å². The number of ether oxygens (including phenoxy) is 6. The molecule has 0 N–H and O–H groups in total. The maximum Gasteiger partial charge on any atom is 0.330 e. The van der Waals surface area contributed by atoms with E-state index in [1.54, 1.807) is 62.8 Å². The van der Waals surface area contributed by atoms with E-state index in [0.29, 0.717) is 23.0 Å². The molecular formula is C27H28Cl2O8. The molecule has 8 nitrogen and oxygen atoms in total. The standard InChI is InChI=1S/C27H28Cl2O8/c1-32-21-9-5-17(13-23(21)34-3)7-11-25(30)36-15-19-20(27(19,28)29)16-37-26(31)12-8-18-6-10-22(33-2)24(14-18)35-4/h5-14,19-20H,15-16H2,1-4H3/b11-7+,12-8+/t19-,20-/m1/s1. The quantitative estimate of drug-likeness (QED) is 0.208. The molecular weight excluding hydrogens is 523 g/mol. The van der Waals surface area contributed by atoms with Gasteiger partial charge in [-0.2, -0.15) is 0 Å². The van der Waals surface area contributed by atoms with Crippen LogP contribution in [0, 0.1) is 11.8 Å². The van der Waals surface area contributed by atoms with E-state index in [4.69, 9.17) is 51.6 Å². The molecule has 0 unspecified atom stereocenters. The molecule has 1 aliphatic rings. The molecule has 0 bridgehead atoms. The number of halogens is 2. The van der Waals surface area contributed by atoms with Crippen molar-refractivity contribution < 1.29 is 38.0 Å². The van der Waals surface area contributed by atoms with Crippen molar-refractivity contribution in [3.05, 3.63) is 59.7 Å². The van der Waals surface area contributed by atoms with Crippen LogP contribution in [0.25, 0.3) is 12.2 Å². The van der Waals surface area contributed by atoms with E-state index in [0.717, 1.165) is 11.1 Å². The minimum absolute atomic E-state index is 0.00813. The summed E-state index contributed by atoms with van der Waals surface area (Å²) in [5.74, 6) is 0.411. The molecule has 37 heavy (non-hydrogen) atoms. The van der Waals surface area contributed by atoms with Crippen molar-refractivity contribution in [3.8, 4) is 23.0 Å². The number of carbonyl (C=O) groups is 2. The second kappa shape index (κ2) is 12.7. The summed E-state index contributed by atoms with van der Waals surface area (Å²) in [6.45, 7) is -0.0163. The number of hydrogen-bond donors (Lipinski definition) is 0. The van der Waals surface area contributed by atoms with Gasteiger partial charge in [0.25, 0.3) is 0 Å². The van der Waals surface area contributed by atoms with E-state index >= 15 is 0 Å². The molecule has 0 saturated heterocycles. The van der Waals surface area contributed by atoms with Crippen LogP contribution in [0.2, 0.25) is 0 Å². The Bertz CT molecular complexity index is 1090. The van der Waals surface area contributed by atoms with Crippen molar-refractivity contribution >= 4 is 47.3 Å². The summed E-state index contributed by atoms with van der Waals surface area (Å²) in [5.41, 5.74) is 1.46. The molecule has 3 rings (SSSR count). The summed E-state index contributed by atoms with van der Waals surface area (Å²) in [7, 11) is 6.15. The van der Waals surface area contributed by atoms with Crippen molar-refractivity contribution in [1.82, 2.24) is 0 Å². The predicted octanol–water partition coefficient (Wildman–Crippen LogP) is 4.95. The maximum absolute atomic E-state index is 12.2. The Balaban J connectivity index is 1.46. The smallest absolute Gasteiger partial charge is 0.330 e. The average molecular weight is 551 g/mol. The molecule has 2 atom stereocenters. The first-order chi connectivity index (χ1) is 17.7. The Morgan fingerprint density at radius 2 is 1.08 bits per heavy atom. The van der Waals surface area contributed by atoms with Crippen LogP contribution in [-0.4, -0.2) is 57.9 Å². The zero-order valence-corrected chi connectivity index (χ0v) is 22.4. The summed E-state index contributed by atoms with van der Waals surface area (Å²) in [5, 5.41) is 0. The maximum atomic E-state index is 12.2. The highest BCUT2D eigenvalue weighted by Gasteiger charge is 2.64. The summed E-state index contributed by atoms with van der Waals surface area (Å²) in [4.78, 5) is 24.3. The van der Waals surface area contributed by atoms with Gasteiger partial charge in [-0.15, -0.1) is 23.2 Å². The van der Waals surface area contributed by atoms with Gasteiger partial charge in [0.2, 0.25) is 0 Å². The Hall–Kier alpha value is -3.36. The van der Waals surface area contributed by atoms with Crippen molar-refractivity contribution in [3.63, 3.8) is 0 Å². The van der Waals surface area contributed by atoms with Crippen LogP contribution in [0.15, 0.2) is 48.6 Å². The Kier molecular flexibility index (Phi) is 9.72. The number of carbonyl (C=O) groups excluding carboxylic acids is 2. The highest BCUT2D eigenvalue weighted by Crippen LogP contribution is 2.59. The topological polar surface area (TPSA) is 89.5 Å². The van der Waals surface area contributed by atoms with Gasteiger partial charge in [0.1, 0.15) is 4.33 Å². The third kappa shape index (κ3) is 7.33. The zero-order valence-electron chi connectivity index (χ0n) is 20.9. The fraction of sp³-hybridized carbons (Fsp3) is 0.333. The molecule has 1 fully saturated rings. The van der Waals surface area contributed by atoms with Crippen LogP contribution in [-0.2, 0) is 19.1 Å². The van der Waals surface area contributed by atoms with Gasteiger partial charge in [-0.1, -0.05) is 12.1 Å². The minimum Gasteiger partial charge on any atom is -0.493 e. The lowest BCUT2D eigenvalue weighted by Gasteiger charge is -2.07. The monoisotopic (exact) mass is 550 g/mol. The van der Waals surface area contributed by atoms with Crippen LogP contribution in [0.4, 0.5) is 0 Å². The Labute approximate surface area is 225 Å². The first-order valence-electron chi connectivity index (χ1n) is 11.2. The van der Waals surface area contributed by atoms with Crippen LogP contribution in [0.5, 0.6) is 23.0 Å². The van der Waals surface area contributed by atoms with Gasteiger partial charge in [-0.25, -0.2) is 9.59 Å². The molecule has 0 heterocycles. The van der Waals surface area contributed by atoms with Gasteiger partial charge < -0.3 is 28.4 Å². The molecule has 0 spiro atoms. The average Bonchev–Trinajstić information content (AvgIpc) is 3.45. The molecule has 2 aromatic carbocycles. The number of hydrogen-bond acceptors (Lipinski definition) is 8. The van der Waals surface area contributed by atoms with Crippen LogP contribution >= 0.6 is 23.2 Å². The van der Waals surface area contributed by atoms with Gasteiger partial charge in [0.15, 0.2) is 23.0 Å². The van der Waals surface area contributed by atoms with Gasteiger partial charge in [0.05, 0.1) is 41.7 Å². The molecule has 1 aliphatic carbocycles. The lowest BCUT2D eigenvalue weighted by Crippen LogP contribution is -2.08. The lowest BCUT2D eigenvalue weighted by molar-refractivity contribution is -0.140. The van der Waals surface area contributed by atoms with Crippen molar-refractivity contribution in [1.29, 1.82) is 0 Å². The molecule has 10 heteroatoms. The number of methoxy groups -OCH3 is 4. The van der Waals surface area contributed by atoms with Crippen molar-refractivity contribution in [2.45, 2.75) is 4.33 Å². The zero-order chi connectivity index (χ0) is 27.0. The number of esters is 2. The first-order valence-corrected chi connectivity index (χ1v) is 12.0. The number of rotatable bonds is 12. The summed E-state index contributed by atoms with van der Waals surface area (Å²) >= 11 is 12.6. The summed E-state index contributed by atoms with van der Waals surface area (Å²) in [6, 6.07) is 10.5. The van der Waals surface area contributed by atoms with E-state index in [-0.39, 0.29) is 25.0 Å². The molecule has 1 saturated carbocycles. The molecule has 2 aromatic rings. The van der Waals surface area contributed by atoms with E-state index in [1.807, 2.05) is 0 Å². The lowest BCUT2D eigenvalue weighted by atomic mass is 10.2. The second-order valence-electron chi connectivity index (χ2n) is 8.04. The van der Waals surface area contributed by atoms with E-state index < -0.39 is 16.3 Å². The van der Waals surface area contributed by atoms with Crippen molar-refractivity contribution in [2.75, 3.05) is 41.7 Å². The van der Waals surface area contributed by atoms with Gasteiger partial charge >= 0.3 is 11.9 Å². The highest BCUT2D eigenvalue weighted by atomic mass is 35.5. The van der Waals surface area contributed by atoms with Crippen molar-refractivity contribution in [2.24, 2.45) is 11.8 Å². The SMILES string of the molecule is COc1ccc(/C=C/C(=O)OC[C@@H]2[C@@H](COC(=O)/C=C/c3ccc(OC)c(OC)c3)C2(Cl)Cl)cc1OC. The van der Waals surface area contributed by atoms with E-state index in [9.17, 15) is 9.59 Å². The normalized spacial score (nSPS) is 17.9.